The Morgan fingerprint density at radius 2 is 1.11 bits per heavy atom. The van der Waals surface area contributed by atoms with E-state index in [1.54, 1.807) is 13.8 Å². The highest BCUT2D eigenvalue weighted by Crippen LogP contribution is 2.42. The van der Waals surface area contributed by atoms with Gasteiger partial charge in [-0.25, -0.2) is 0 Å². The predicted molar refractivity (Wildman–Crippen MR) is 132 cm³/mol. The number of hydrogen-bond acceptors (Lipinski definition) is 8. The summed E-state index contributed by atoms with van der Waals surface area (Å²) in [6.07, 6.45) is 11.3. The first-order valence-electron chi connectivity index (χ1n) is 14.0. The van der Waals surface area contributed by atoms with Gasteiger partial charge in [-0.3, -0.25) is 9.59 Å². The lowest BCUT2D eigenvalue weighted by molar-refractivity contribution is -0.154. The quantitative estimate of drug-likeness (QED) is 0.289. The maximum absolute atomic E-state index is 11.9. The molecule has 36 heavy (non-hydrogen) atoms. The van der Waals surface area contributed by atoms with E-state index in [0.717, 1.165) is 38.3 Å². The van der Waals surface area contributed by atoms with E-state index in [9.17, 15) is 19.2 Å². The Kier molecular flexibility index (Phi) is 11.8. The molecule has 0 unspecified atom stereocenters. The number of hydrogen-bond donors (Lipinski definition) is 0. The smallest absolute Gasteiger partial charge is 0.309 e. The number of rotatable bonds is 12. The van der Waals surface area contributed by atoms with E-state index >= 15 is 0 Å². The molecule has 0 aromatic rings. The van der Waals surface area contributed by atoms with Crippen molar-refractivity contribution >= 4 is 24.5 Å². The maximum atomic E-state index is 11.9. The lowest BCUT2D eigenvalue weighted by atomic mass is 9.81. The summed E-state index contributed by atoms with van der Waals surface area (Å²) in [6.45, 7) is 5.77. The van der Waals surface area contributed by atoms with Crippen LogP contribution in [-0.4, -0.2) is 63.1 Å². The van der Waals surface area contributed by atoms with Gasteiger partial charge in [0.1, 0.15) is 12.6 Å². The van der Waals surface area contributed by atoms with Gasteiger partial charge >= 0.3 is 11.9 Å². The summed E-state index contributed by atoms with van der Waals surface area (Å²) in [7, 11) is 0. The number of aldehydes is 2. The van der Waals surface area contributed by atoms with Crippen LogP contribution in [0.3, 0.4) is 0 Å². The zero-order valence-corrected chi connectivity index (χ0v) is 21.9. The van der Waals surface area contributed by atoms with Crippen molar-refractivity contribution in [2.45, 2.75) is 90.3 Å². The van der Waals surface area contributed by atoms with E-state index in [1.807, 2.05) is 0 Å². The second kappa shape index (κ2) is 14.8. The van der Waals surface area contributed by atoms with Gasteiger partial charge in [-0.2, -0.15) is 0 Å². The van der Waals surface area contributed by atoms with Crippen molar-refractivity contribution in [2.24, 2.45) is 35.5 Å². The molecule has 4 fully saturated rings. The minimum Gasteiger partial charge on any atom is -0.466 e. The first-order chi connectivity index (χ1) is 17.5. The summed E-state index contributed by atoms with van der Waals surface area (Å²) >= 11 is 0. The van der Waals surface area contributed by atoms with Gasteiger partial charge in [-0.1, -0.05) is 0 Å². The Morgan fingerprint density at radius 1 is 0.722 bits per heavy atom. The van der Waals surface area contributed by atoms with Crippen molar-refractivity contribution in [1.82, 2.24) is 0 Å². The number of esters is 2. The zero-order chi connectivity index (χ0) is 25.9. The van der Waals surface area contributed by atoms with Crippen molar-refractivity contribution in [3.8, 4) is 0 Å². The molecule has 2 aliphatic carbocycles. The molecule has 204 valence electrons. The molecule has 0 spiro atoms. The minimum atomic E-state index is -0.271. The highest BCUT2D eigenvalue weighted by Gasteiger charge is 2.41. The van der Waals surface area contributed by atoms with Crippen molar-refractivity contribution in [3.05, 3.63) is 0 Å². The van der Waals surface area contributed by atoms with E-state index in [1.165, 1.54) is 25.7 Å². The van der Waals surface area contributed by atoms with Crippen molar-refractivity contribution in [3.63, 3.8) is 0 Å². The lowest BCUT2D eigenvalue weighted by Crippen LogP contribution is -2.35. The van der Waals surface area contributed by atoms with Gasteiger partial charge in [0.2, 0.25) is 0 Å². The van der Waals surface area contributed by atoms with E-state index in [4.69, 9.17) is 18.9 Å². The van der Waals surface area contributed by atoms with Crippen LogP contribution in [0.2, 0.25) is 0 Å². The molecule has 2 saturated heterocycles. The molecule has 6 atom stereocenters. The van der Waals surface area contributed by atoms with Gasteiger partial charge in [-0.15, -0.1) is 0 Å². The van der Waals surface area contributed by atoms with Crippen molar-refractivity contribution < 1.29 is 38.1 Å². The number of carbonyl (C=O) groups is 4. The fourth-order valence-corrected chi connectivity index (χ4v) is 5.70. The molecule has 8 nitrogen and oxygen atoms in total. The zero-order valence-electron chi connectivity index (χ0n) is 21.9. The molecule has 2 saturated carbocycles. The topological polar surface area (TPSA) is 105 Å². The second-order valence-electron chi connectivity index (χ2n) is 10.6. The third-order valence-corrected chi connectivity index (χ3v) is 8.02. The Hall–Kier alpha value is -1.80. The van der Waals surface area contributed by atoms with Gasteiger partial charge in [0.15, 0.2) is 0 Å². The van der Waals surface area contributed by atoms with Crippen LogP contribution in [0.5, 0.6) is 0 Å². The molecule has 0 bridgehead atoms. The standard InChI is InChI=1S/2C14H22O4/c2*1-2-17-14(16)12(5-7-15)11-6-8-18-13(9-11)10-3-4-10/h2*7,10-13H,2-6,8-9H2,1H3/t11-,12-,13+;11-,12-,13-/m11/s1. The van der Waals surface area contributed by atoms with Gasteiger partial charge < -0.3 is 28.5 Å². The Bertz CT molecular complexity index is 656. The highest BCUT2D eigenvalue weighted by molar-refractivity contribution is 5.76. The molecule has 2 aliphatic heterocycles. The molecule has 0 radical (unpaired) electrons. The van der Waals surface area contributed by atoms with Crippen molar-refractivity contribution in [2.75, 3.05) is 26.4 Å². The average molecular weight is 509 g/mol. The fraction of sp³-hybridized carbons (Fsp3) is 0.857. The van der Waals surface area contributed by atoms with Gasteiger partial charge in [0, 0.05) is 26.1 Å². The summed E-state index contributed by atoms with van der Waals surface area (Å²) in [5, 5.41) is 0. The Balaban J connectivity index is 0.000000201. The van der Waals surface area contributed by atoms with E-state index in [2.05, 4.69) is 0 Å². The Morgan fingerprint density at radius 3 is 1.42 bits per heavy atom. The third kappa shape index (κ3) is 8.65. The summed E-state index contributed by atoms with van der Waals surface area (Å²) in [5.41, 5.74) is 0. The molecule has 0 aromatic heterocycles. The lowest BCUT2D eigenvalue weighted by Gasteiger charge is -2.33. The first-order valence-corrected chi connectivity index (χ1v) is 14.0. The van der Waals surface area contributed by atoms with E-state index in [0.29, 0.717) is 50.5 Å². The summed E-state index contributed by atoms with van der Waals surface area (Å²) in [4.78, 5) is 45.3. The summed E-state index contributed by atoms with van der Waals surface area (Å²) < 4.78 is 21.7. The second-order valence-corrected chi connectivity index (χ2v) is 10.6. The fourth-order valence-electron chi connectivity index (χ4n) is 5.70. The number of carbonyl (C=O) groups excluding carboxylic acids is 4. The largest absolute Gasteiger partial charge is 0.466 e. The van der Waals surface area contributed by atoms with E-state index in [-0.39, 0.29) is 48.5 Å². The molecule has 2 heterocycles. The predicted octanol–water partition coefficient (Wildman–Crippen LogP) is 3.92. The minimum absolute atomic E-state index is 0.217. The molecule has 8 heteroatoms. The van der Waals surface area contributed by atoms with Crippen LogP contribution in [-0.2, 0) is 38.1 Å². The van der Waals surface area contributed by atoms with Crippen LogP contribution in [0.25, 0.3) is 0 Å². The molecule has 4 aliphatic rings. The highest BCUT2D eigenvalue weighted by atomic mass is 16.5. The molecule has 0 amide bonds. The van der Waals surface area contributed by atoms with Gasteiger partial charge in [-0.05, 0) is 88.9 Å². The molecule has 0 aromatic carbocycles. The maximum Gasteiger partial charge on any atom is 0.309 e. The normalized spacial score (nSPS) is 29.6. The van der Waals surface area contributed by atoms with Crippen LogP contribution in [0.1, 0.15) is 78.1 Å². The molecular weight excluding hydrogens is 464 g/mol. The van der Waals surface area contributed by atoms with Crippen LogP contribution < -0.4 is 0 Å². The average Bonchev–Trinajstić information content (AvgIpc) is 3.79. The number of ether oxygens (including phenoxy) is 4. The molecular formula is C28H44O8. The van der Waals surface area contributed by atoms with Gasteiger partial charge in [0.05, 0.1) is 37.3 Å². The monoisotopic (exact) mass is 508 g/mol. The third-order valence-electron chi connectivity index (χ3n) is 8.02. The Labute approximate surface area is 215 Å². The van der Waals surface area contributed by atoms with Crippen LogP contribution in [0, 0.1) is 35.5 Å². The molecule has 0 N–H and O–H groups in total. The van der Waals surface area contributed by atoms with Gasteiger partial charge in [0.25, 0.3) is 0 Å². The van der Waals surface area contributed by atoms with Crippen LogP contribution in [0.4, 0.5) is 0 Å². The summed E-state index contributed by atoms with van der Waals surface area (Å²) in [6, 6.07) is 0. The van der Waals surface area contributed by atoms with E-state index < -0.39 is 0 Å². The molecule has 4 rings (SSSR count). The van der Waals surface area contributed by atoms with Crippen molar-refractivity contribution in [1.29, 1.82) is 0 Å². The van der Waals surface area contributed by atoms with Crippen LogP contribution >= 0.6 is 0 Å². The first kappa shape index (κ1) is 28.8. The van der Waals surface area contributed by atoms with Crippen LogP contribution in [0.15, 0.2) is 0 Å². The summed E-state index contributed by atoms with van der Waals surface area (Å²) in [5.74, 6) is 0.887. The SMILES string of the molecule is CCOC(=O)[C@H](CC=O)[C@@H]1CCO[C@@H](C2CC2)C1.CCOC(=O)[C@H](CC=O)[C@@H]1CCO[C@H](C2CC2)C1.